The molecule has 0 saturated heterocycles. The van der Waals surface area contributed by atoms with E-state index in [1.165, 1.54) is 11.1 Å². The maximum absolute atomic E-state index is 6.05. The Hall–Kier alpha value is -2.57. The highest BCUT2D eigenvalue weighted by Gasteiger charge is 2.22. The third-order valence-electron chi connectivity index (χ3n) is 5.93. The Labute approximate surface area is 200 Å². The molecule has 1 aliphatic rings. The molecule has 0 radical (unpaired) electrons. The summed E-state index contributed by atoms with van der Waals surface area (Å²) in [6.07, 6.45) is 4.32. The van der Waals surface area contributed by atoms with Crippen LogP contribution < -0.4 is 20.9 Å². The van der Waals surface area contributed by atoms with Crippen LogP contribution in [0.15, 0.2) is 54.6 Å². The molecule has 0 unspecified atom stereocenters. The van der Waals surface area contributed by atoms with Crippen LogP contribution in [0.2, 0.25) is 5.02 Å². The van der Waals surface area contributed by atoms with Crippen LogP contribution in [0.25, 0.3) is 10.9 Å². The second-order valence-corrected chi connectivity index (χ2v) is 9.43. The van der Waals surface area contributed by atoms with Crippen molar-refractivity contribution in [3.05, 3.63) is 65.2 Å². The highest BCUT2D eigenvalue weighted by molar-refractivity contribution is 7.80. The van der Waals surface area contributed by atoms with Gasteiger partial charge in [0.1, 0.15) is 5.82 Å². The fourth-order valence-corrected chi connectivity index (χ4v) is 4.71. The highest BCUT2D eigenvalue weighted by Crippen LogP contribution is 2.29. The number of nitrogens with zero attached hydrogens (tertiary/aromatic N) is 2. The molecular weight excluding hydrogens is 438 g/mol. The third kappa shape index (κ3) is 5.81. The molecule has 7 heteroatoms. The van der Waals surface area contributed by atoms with Gasteiger partial charge in [-0.2, -0.15) is 0 Å². The highest BCUT2D eigenvalue weighted by atomic mass is 35.5. The molecule has 1 aromatic heterocycles. The number of hydrogen-bond donors (Lipinski definition) is 3. The van der Waals surface area contributed by atoms with E-state index in [1.807, 2.05) is 30.3 Å². The van der Waals surface area contributed by atoms with Crippen molar-refractivity contribution in [1.82, 2.24) is 15.6 Å². The zero-order valence-corrected chi connectivity index (χ0v) is 20.1. The smallest absolute Gasteiger partial charge is 0.166 e. The normalized spacial score (nSPS) is 18.2. The quantitative estimate of drug-likeness (QED) is 0.425. The fraction of sp³-hybridized carbons (Fsp3) is 0.360. The molecule has 2 aromatic carbocycles. The number of benzene rings is 2. The lowest BCUT2D eigenvalue weighted by molar-refractivity contribution is 0.386. The molecule has 0 atom stereocenters. The summed E-state index contributed by atoms with van der Waals surface area (Å²) >= 11 is 11.6. The Bertz CT molecular complexity index is 1080. The van der Waals surface area contributed by atoms with Crippen LogP contribution in [0.5, 0.6) is 0 Å². The van der Waals surface area contributed by atoms with E-state index in [0.717, 1.165) is 47.6 Å². The van der Waals surface area contributed by atoms with Crippen LogP contribution >= 0.6 is 23.8 Å². The molecule has 4 rings (SSSR count). The molecule has 0 aliphatic heterocycles. The summed E-state index contributed by atoms with van der Waals surface area (Å²) in [5.41, 5.74) is 3.33. The fourth-order valence-electron chi connectivity index (χ4n) is 4.26. The topological polar surface area (TPSA) is 52.2 Å². The number of fused-ring (bicyclic) bond motifs is 1. The lowest BCUT2D eigenvalue weighted by Crippen LogP contribution is -2.44. The van der Waals surface area contributed by atoms with Gasteiger partial charge in [0, 0.05) is 54.9 Å². The van der Waals surface area contributed by atoms with Crippen LogP contribution in [0, 0.1) is 0 Å². The summed E-state index contributed by atoms with van der Waals surface area (Å²) in [5, 5.41) is 13.1. The van der Waals surface area contributed by atoms with Gasteiger partial charge in [-0.25, -0.2) is 4.98 Å². The molecule has 1 saturated carbocycles. The minimum atomic E-state index is 0.398. The van der Waals surface area contributed by atoms with Crippen LogP contribution in [-0.2, 0) is 6.54 Å². The van der Waals surface area contributed by atoms with Gasteiger partial charge in [-0.1, -0.05) is 41.9 Å². The first-order valence-corrected chi connectivity index (χ1v) is 11.9. The SMILES string of the molecule is CN(C)c1cc(N[C@H]2CC[C@@H](NC(=S)NCc3cccc(Cl)c3)CC2)nc2ccccc12. The van der Waals surface area contributed by atoms with Crippen LogP contribution in [0.1, 0.15) is 31.2 Å². The third-order valence-corrected chi connectivity index (χ3v) is 6.43. The number of halogens is 1. The van der Waals surface area contributed by atoms with Gasteiger partial charge < -0.3 is 20.9 Å². The molecule has 1 fully saturated rings. The second kappa shape index (κ2) is 10.4. The van der Waals surface area contributed by atoms with E-state index in [1.54, 1.807) is 0 Å². The molecule has 5 nitrogen and oxygen atoms in total. The van der Waals surface area contributed by atoms with Gasteiger partial charge in [0.25, 0.3) is 0 Å². The first-order valence-electron chi connectivity index (χ1n) is 11.1. The van der Waals surface area contributed by atoms with Crippen molar-refractivity contribution in [1.29, 1.82) is 0 Å². The van der Waals surface area contributed by atoms with Crippen LogP contribution in [-0.4, -0.2) is 36.3 Å². The number of rotatable bonds is 6. The van der Waals surface area contributed by atoms with Gasteiger partial charge in [0.2, 0.25) is 0 Å². The number of pyridine rings is 1. The number of nitrogens with one attached hydrogen (secondary N) is 3. The minimum absolute atomic E-state index is 0.398. The van der Waals surface area contributed by atoms with Gasteiger partial charge in [-0.05, 0) is 61.7 Å². The van der Waals surface area contributed by atoms with E-state index in [0.29, 0.717) is 23.7 Å². The number of hydrogen-bond acceptors (Lipinski definition) is 4. The summed E-state index contributed by atoms with van der Waals surface area (Å²) in [6, 6.07) is 19.1. The van der Waals surface area contributed by atoms with Gasteiger partial charge in [0.15, 0.2) is 5.11 Å². The molecule has 3 N–H and O–H groups in total. The molecule has 3 aromatic rings. The molecule has 0 bridgehead atoms. The Kier molecular flexibility index (Phi) is 7.33. The van der Waals surface area contributed by atoms with Gasteiger partial charge in [-0.15, -0.1) is 0 Å². The first kappa shape index (κ1) is 22.6. The maximum Gasteiger partial charge on any atom is 0.166 e. The molecule has 0 spiro atoms. The summed E-state index contributed by atoms with van der Waals surface area (Å²) < 4.78 is 0. The summed E-state index contributed by atoms with van der Waals surface area (Å²) in [7, 11) is 4.15. The average molecular weight is 468 g/mol. The lowest BCUT2D eigenvalue weighted by atomic mass is 9.91. The second-order valence-electron chi connectivity index (χ2n) is 8.59. The first-order chi connectivity index (χ1) is 15.5. The zero-order valence-electron chi connectivity index (χ0n) is 18.6. The monoisotopic (exact) mass is 467 g/mol. The van der Waals surface area contributed by atoms with Crippen molar-refractivity contribution in [2.45, 2.75) is 44.3 Å². The predicted octanol–water partition coefficient (Wildman–Crippen LogP) is 5.34. The van der Waals surface area contributed by atoms with Crippen molar-refractivity contribution < 1.29 is 0 Å². The predicted molar refractivity (Wildman–Crippen MR) is 140 cm³/mol. The molecule has 0 amide bonds. The Morgan fingerprint density at radius 2 is 1.78 bits per heavy atom. The molecule has 1 aliphatic carbocycles. The maximum atomic E-state index is 6.05. The van der Waals surface area contributed by atoms with Gasteiger partial charge in [-0.3, -0.25) is 0 Å². The van der Waals surface area contributed by atoms with E-state index in [-0.39, 0.29) is 0 Å². The Morgan fingerprint density at radius 3 is 2.53 bits per heavy atom. The number of thiocarbonyl (C=S) groups is 1. The average Bonchev–Trinajstić information content (AvgIpc) is 2.78. The van der Waals surface area contributed by atoms with Crippen molar-refractivity contribution >= 4 is 51.3 Å². The Morgan fingerprint density at radius 1 is 1.03 bits per heavy atom. The minimum Gasteiger partial charge on any atom is -0.377 e. The van der Waals surface area contributed by atoms with Crippen molar-refractivity contribution in [3.63, 3.8) is 0 Å². The standard InChI is InChI=1S/C25H30ClN5S/c1-31(2)23-15-24(30-22-9-4-3-8-21(22)23)28-19-10-12-20(13-11-19)29-25(32)27-16-17-6-5-7-18(26)14-17/h3-9,14-15,19-20H,10-13,16H2,1-2H3,(H,28,30)(H2,27,29,32)/t19-,20+. The summed E-state index contributed by atoms with van der Waals surface area (Å²) in [6.45, 7) is 0.672. The van der Waals surface area contributed by atoms with E-state index in [9.17, 15) is 0 Å². The van der Waals surface area contributed by atoms with Crippen molar-refractivity contribution in [2.75, 3.05) is 24.3 Å². The molecular formula is C25H30ClN5S. The van der Waals surface area contributed by atoms with E-state index >= 15 is 0 Å². The summed E-state index contributed by atoms with van der Waals surface area (Å²) in [4.78, 5) is 6.99. The van der Waals surface area contributed by atoms with E-state index < -0.39 is 0 Å². The van der Waals surface area contributed by atoms with Crippen molar-refractivity contribution in [3.8, 4) is 0 Å². The number of anilines is 2. The molecule has 32 heavy (non-hydrogen) atoms. The number of para-hydroxylation sites is 1. The van der Waals surface area contributed by atoms with Gasteiger partial charge in [0.05, 0.1) is 5.52 Å². The van der Waals surface area contributed by atoms with E-state index in [4.69, 9.17) is 28.8 Å². The zero-order chi connectivity index (χ0) is 22.5. The molecule has 1 heterocycles. The lowest BCUT2D eigenvalue weighted by Gasteiger charge is -2.31. The van der Waals surface area contributed by atoms with Crippen LogP contribution in [0.4, 0.5) is 11.5 Å². The van der Waals surface area contributed by atoms with E-state index in [2.05, 4.69) is 59.2 Å². The number of aromatic nitrogens is 1. The largest absolute Gasteiger partial charge is 0.377 e. The summed E-state index contributed by atoms with van der Waals surface area (Å²) in [5.74, 6) is 0.947. The molecule has 168 valence electrons. The van der Waals surface area contributed by atoms with Crippen LogP contribution in [0.3, 0.4) is 0 Å². The van der Waals surface area contributed by atoms with Crippen molar-refractivity contribution in [2.24, 2.45) is 0 Å². The Balaban J connectivity index is 1.28. The van der Waals surface area contributed by atoms with Gasteiger partial charge >= 0.3 is 0 Å².